The molecule has 118 valence electrons. The van der Waals surface area contributed by atoms with Crippen molar-refractivity contribution in [1.82, 2.24) is 5.32 Å². The summed E-state index contributed by atoms with van der Waals surface area (Å²) in [6, 6.07) is 13.6. The summed E-state index contributed by atoms with van der Waals surface area (Å²) in [6.07, 6.45) is 3.25. The van der Waals surface area contributed by atoms with Crippen molar-refractivity contribution < 1.29 is 18.7 Å². The van der Waals surface area contributed by atoms with E-state index in [-0.39, 0.29) is 18.7 Å². The third kappa shape index (κ3) is 5.39. The van der Waals surface area contributed by atoms with Crippen LogP contribution in [0.3, 0.4) is 0 Å². The number of amides is 1. The molecule has 5 heteroatoms. The first-order chi connectivity index (χ1) is 11.2. The number of benzene rings is 2. The zero-order valence-corrected chi connectivity index (χ0v) is 12.4. The summed E-state index contributed by atoms with van der Waals surface area (Å²) in [7, 11) is 0. The number of rotatable bonds is 6. The molecule has 0 aliphatic rings. The van der Waals surface area contributed by atoms with Gasteiger partial charge in [-0.25, -0.2) is 9.18 Å². The minimum Gasteiger partial charge on any atom is -0.445 e. The number of ether oxygens (including phenoxy) is 1. The molecule has 1 N–H and O–H groups in total. The molecule has 0 fully saturated rings. The predicted octanol–water partition coefficient (Wildman–Crippen LogP) is 3.58. The second kappa shape index (κ2) is 8.48. The highest BCUT2D eigenvalue weighted by Gasteiger charge is 2.01. The summed E-state index contributed by atoms with van der Waals surface area (Å²) in [4.78, 5) is 22.0. The van der Waals surface area contributed by atoms with E-state index in [4.69, 9.17) is 4.74 Å². The van der Waals surface area contributed by atoms with Crippen molar-refractivity contribution in [2.75, 3.05) is 6.54 Å². The van der Waals surface area contributed by atoms with E-state index < -0.39 is 11.9 Å². The molecular weight excluding hydrogens is 297 g/mol. The van der Waals surface area contributed by atoms with Crippen molar-refractivity contribution in [3.05, 3.63) is 77.1 Å². The van der Waals surface area contributed by atoms with Crippen LogP contribution in [-0.2, 0) is 11.3 Å². The van der Waals surface area contributed by atoms with Gasteiger partial charge in [-0.2, -0.15) is 0 Å². The summed E-state index contributed by atoms with van der Waals surface area (Å²) < 4.78 is 18.4. The quantitative estimate of drug-likeness (QED) is 0.829. The standard InChI is InChI=1S/C18H16FNO3/c19-17-11-14(8-9-16(17)12-21)7-4-10-20-18(22)23-13-15-5-2-1-3-6-15/h1-9,11-12H,10,13H2,(H,20,22). The van der Waals surface area contributed by atoms with E-state index in [1.165, 1.54) is 12.1 Å². The van der Waals surface area contributed by atoms with Gasteiger partial charge in [0.1, 0.15) is 12.4 Å². The molecule has 23 heavy (non-hydrogen) atoms. The Bertz CT molecular complexity index is 699. The third-order valence-corrected chi connectivity index (χ3v) is 3.04. The fraction of sp³-hybridized carbons (Fsp3) is 0.111. The highest BCUT2D eigenvalue weighted by molar-refractivity contribution is 5.76. The van der Waals surface area contributed by atoms with Gasteiger partial charge in [0.25, 0.3) is 0 Å². The topological polar surface area (TPSA) is 55.4 Å². The molecule has 0 radical (unpaired) electrons. The Morgan fingerprint density at radius 2 is 1.96 bits per heavy atom. The van der Waals surface area contributed by atoms with E-state index in [1.54, 1.807) is 18.2 Å². The van der Waals surface area contributed by atoms with Crippen LogP contribution >= 0.6 is 0 Å². The SMILES string of the molecule is O=Cc1ccc(C=CCNC(=O)OCc2ccccc2)cc1F. The molecule has 0 bridgehead atoms. The van der Waals surface area contributed by atoms with Crippen molar-refractivity contribution in [2.45, 2.75) is 6.61 Å². The normalized spacial score (nSPS) is 10.5. The first-order valence-electron chi connectivity index (χ1n) is 7.05. The van der Waals surface area contributed by atoms with Crippen LogP contribution in [0.1, 0.15) is 21.5 Å². The second-order valence-electron chi connectivity index (χ2n) is 4.74. The molecule has 0 aliphatic heterocycles. The molecule has 0 saturated heterocycles. The molecule has 0 saturated carbocycles. The number of alkyl carbamates (subject to hydrolysis) is 1. The monoisotopic (exact) mass is 313 g/mol. The number of halogens is 1. The van der Waals surface area contributed by atoms with Gasteiger partial charge in [-0.1, -0.05) is 48.6 Å². The molecule has 2 rings (SSSR count). The average Bonchev–Trinajstić information content (AvgIpc) is 2.58. The van der Waals surface area contributed by atoms with E-state index in [1.807, 2.05) is 30.3 Å². The van der Waals surface area contributed by atoms with E-state index in [0.29, 0.717) is 11.8 Å². The molecule has 0 heterocycles. The number of hydrogen-bond acceptors (Lipinski definition) is 3. The van der Waals surface area contributed by atoms with Gasteiger partial charge in [-0.3, -0.25) is 4.79 Å². The number of aldehydes is 1. The molecule has 0 spiro atoms. The zero-order valence-electron chi connectivity index (χ0n) is 12.4. The van der Waals surface area contributed by atoms with Crippen molar-refractivity contribution in [1.29, 1.82) is 0 Å². The smallest absolute Gasteiger partial charge is 0.407 e. The summed E-state index contributed by atoms with van der Waals surface area (Å²) >= 11 is 0. The van der Waals surface area contributed by atoms with E-state index >= 15 is 0 Å². The van der Waals surface area contributed by atoms with E-state index in [9.17, 15) is 14.0 Å². The fourth-order valence-electron chi connectivity index (χ4n) is 1.85. The lowest BCUT2D eigenvalue weighted by Crippen LogP contribution is -2.24. The van der Waals surface area contributed by atoms with Gasteiger partial charge in [0, 0.05) is 6.54 Å². The molecule has 0 unspecified atom stereocenters. The van der Waals surface area contributed by atoms with Crippen LogP contribution in [0.4, 0.5) is 9.18 Å². The largest absolute Gasteiger partial charge is 0.445 e. The van der Waals surface area contributed by atoms with Crippen LogP contribution in [-0.4, -0.2) is 18.9 Å². The van der Waals surface area contributed by atoms with Gasteiger partial charge in [-0.15, -0.1) is 0 Å². The van der Waals surface area contributed by atoms with Gasteiger partial charge in [0.05, 0.1) is 5.56 Å². The second-order valence-corrected chi connectivity index (χ2v) is 4.74. The van der Waals surface area contributed by atoms with Crippen molar-refractivity contribution in [3.63, 3.8) is 0 Å². The van der Waals surface area contributed by atoms with Crippen LogP contribution in [0.15, 0.2) is 54.6 Å². The Hall–Kier alpha value is -2.95. The summed E-state index contributed by atoms with van der Waals surface area (Å²) in [6.45, 7) is 0.458. The Morgan fingerprint density at radius 1 is 1.17 bits per heavy atom. The van der Waals surface area contributed by atoms with Crippen molar-refractivity contribution in [2.24, 2.45) is 0 Å². The van der Waals surface area contributed by atoms with Gasteiger partial charge in [-0.05, 0) is 23.3 Å². The molecule has 4 nitrogen and oxygen atoms in total. The first-order valence-corrected chi connectivity index (χ1v) is 7.05. The maximum absolute atomic E-state index is 13.4. The lowest BCUT2D eigenvalue weighted by atomic mass is 10.1. The van der Waals surface area contributed by atoms with Crippen molar-refractivity contribution >= 4 is 18.5 Å². The molecular formula is C18H16FNO3. The zero-order chi connectivity index (χ0) is 16.5. The van der Waals surface area contributed by atoms with Crippen molar-refractivity contribution in [3.8, 4) is 0 Å². The number of carbonyl (C=O) groups is 2. The highest BCUT2D eigenvalue weighted by atomic mass is 19.1. The minimum atomic E-state index is -0.572. The van der Waals surface area contributed by atoms with Crippen LogP contribution in [0.5, 0.6) is 0 Å². The Kier molecular flexibility index (Phi) is 6.06. The molecule has 0 aliphatic carbocycles. The van der Waals surface area contributed by atoms with Gasteiger partial charge >= 0.3 is 6.09 Å². The lowest BCUT2D eigenvalue weighted by molar-refractivity contribution is 0.111. The molecule has 0 aromatic heterocycles. The molecule has 2 aromatic carbocycles. The highest BCUT2D eigenvalue weighted by Crippen LogP contribution is 2.09. The van der Waals surface area contributed by atoms with E-state index in [2.05, 4.69) is 5.32 Å². The third-order valence-electron chi connectivity index (χ3n) is 3.04. The van der Waals surface area contributed by atoms with Crippen LogP contribution in [0.25, 0.3) is 6.08 Å². The Balaban J connectivity index is 1.74. The Morgan fingerprint density at radius 3 is 2.65 bits per heavy atom. The molecule has 0 atom stereocenters. The van der Waals surface area contributed by atoms with Gasteiger partial charge in [0.15, 0.2) is 6.29 Å². The maximum Gasteiger partial charge on any atom is 0.407 e. The molecule has 1 amide bonds. The van der Waals surface area contributed by atoms with Gasteiger partial charge in [0.2, 0.25) is 0 Å². The maximum atomic E-state index is 13.4. The summed E-state index contributed by atoms with van der Waals surface area (Å²) in [5, 5.41) is 2.56. The summed E-state index contributed by atoms with van der Waals surface area (Å²) in [5.41, 5.74) is 1.53. The number of hydrogen-bond donors (Lipinski definition) is 1. The summed E-state index contributed by atoms with van der Waals surface area (Å²) in [5.74, 6) is -0.572. The first kappa shape index (κ1) is 16.4. The average molecular weight is 313 g/mol. The van der Waals surface area contributed by atoms with Crippen LogP contribution < -0.4 is 5.32 Å². The predicted molar refractivity (Wildman–Crippen MR) is 85.5 cm³/mol. The molecule has 2 aromatic rings. The van der Waals surface area contributed by atoms with Crippen LogP contribution in [0.2, 0.25) is 0 Å². The number of carbonyl (C=O) groups excluding carboxylic acids is 2. The van der Waals surface area contributed by atoms with E-state index in [0.717, 1.165) is 5.56 Å². The lowest BCUT2D eigenvalue weighted by Gasteiger charge is -2.05. The Labute approximate surface area is 133 Å². The van der Waals surface area contributed by atoms with Gasteiger partial charge < -0.3 is 10.1 Å². The van der Waals surface area contributed by atoms with Crippen LogP contribution in [0, 0.1) is 5.82 Å². The number of nitrogens with one attached hydrogen (secondary N) is 1. The minimum absolute atomic E-state index is 0.0183. The fourth-order valence-corrected chi connectivity index (χ4v) is 1.85.